The minimum atomic E-state index is 0.615. The SMILES string of the molecule is C(CNC1CC1)Cc1nnc(C2C3CCCC32)o1. The van der Waals surface area contributed by atoms with E-state index in [1.807, 2.05) is 0 Å². The zero-order valence-electron chi connectivity index (χ0n) is 10.8. The molecule has 3 aliphatic rings. The number of nitrogens with zero attached hydrogens (tertiary/aromatic N) is 2. The molecule has 18 heavy (non-hydrogen) atoms. The first-order chi connectivity index (χ1) is 8.92. The molecule has 0 bridgehead atoms. The summed E-state index contributed by atoms with van der Waals surface area (Å²) in [7, 11) is 0. The van der Waals surface area contributed by atoms with Crippen molar-refractivity contribution >= 4 is 0 Å². The van der Waals surface area contributed by atoms with Crippen LogP contribution < -0.4 is 5.32 Å². The van der Waals surface area contributed by atoms with Crippen LogP contribution in [-0.2, 0) is 6.42 Å². The van der Waals surface area contributed by atoms with Crippen molar-refractivity contribution in [3.8, 4) is 0 Å². The molecule has 1 heterocycles. The van der Waals surface area contributed by atoms with E-state index in [1.165, 1.54) is 32.1 Å². The Balaban J connectivity index is 1.26. The fourth-order valence-corrected chi connectivity index (χ4v) is 3.52. The van der Waals surface area contributed by atoms with Crippen LogP contribution in [0.2, 0.25) is 0 Å². The van der Waals surface area contributed by atoms with Gasteiger partial charge in [-0.1, -0.05) is 6.42 Å². The number of nitrogens with one attached hydrogen (secondary N) is 1. The molecule has 4 rings (SSSR count). The van der Waals surface area contributed by atoms with E-state index in [0.29, 0.717) is 5.92 Å². The van der Waals surface area contributed by atoms with Gasteiger partial charge >= 0.3 is 0 Å². The highest BCUT2D eigenvalue weighted by Crippen LogP contribution is 2.62. The van der Waals surface area contributed by atoms with Gasteiger partial charge in [-0.15, -0.1) is 10.2 Å². The van der Waals surface area contributed by atoms with Gasteiger partial charge in [0.1, 0.15) is 0 Å². The topological polar surface area (TPSA) is 51.0 Å². The van der Waals surface area contributed by atoms with Crippen LogP contribution in [0.5, 0.6) is 0 Å². The average molecular weight is 247 g/mol. The van der Waals surface area contributed by atoms with Crippen LogP contribution in [-0.4, -0.2) is 22.8 Å². The van der Waals surface area contributed by atoms with Crippen molar-refractivity contribution in [3.63, 3.8) is 0 Å². The fourth-order valence-electron chi connectivity index (χ4n) is 3.52. The maximum atomic E-state index is 5.82. The standard InChI is InChI=1S/C14H21N3O/c1-3-10-11(4-1)13(10)14-17-16-12(18-14)5-2-8-15-9-6-7-9/h9-11,13,15H,1-8H2. The smallest absolute Gasteiger partial charge is 0.220 e. The molecule has 0 radical (unpaired) electrons. The molecule has 4 nitrogen and oxygen atoms in total. The van der Waals surface area contributed by atoms with Crippen molar-refractivity contribution in [1.29, 1.82) is 0 Å². The van der Waals surface area contributed by atoms with E-state index in [9.17, 15) is 0 Å². The van der Waals surface area contributed by atoms with Crippen LogP contribution in [0.1, 0.15) is 56.2 Å². The van der Waals surface area contributed by atoms with Gasteiger partial charge in [0.05, 0.1) is 0 Å². The van der Waals surface area contributed by atoms with Crippen LogP contribution in [0.15, 0.2) is 4.42 Å². The van der Waals surface area contributed by atoms with E-state index in [2.05, 4.69) is 15.5 Å². The Kier molecular flexibility index (Phi) is 2.64. The van der Waals surface area contributed by atoms with Crippen LogP contribution in [0.25, 0.3) is 0 Å². The molecule has 0 aromatic carbocycles. The Hall–Kier alpha value is -0.900. The second kappa shape index (κ2) is 4.34. The second-order valence-electron chi connectivity index (χ2n) is 6.15. The molecule has 3 aliphatic carbocycles. The summed E-state index contributed by atoms with van der Waals surface area (Å²) >= 11 is 0. The Bertz CT molecular complexity index is 416. The van der Waals surface area contributed by atoms with E-state index >= 15 is 0 Å². The first-order valence-corrected chi connectivity index (χ1v) is 7.47. The van der Waals surface area contributed by atoms with Gasteiger partial charge in [-0.25, -0.2) is 0 Å². The molecule has 2 unspecified atom stereocenters. The van der Waals surface area contributed by atoms with Crippen LogP contribution in [0.3, 0.4) is 0 Å². The number of rotatable bonds is 6. The van der Waals surface area contributed by atoms with Crippen LogP contribution in [0.4, 0.5) is 0 Å². The fraction of sp³-hybridized carbons (Fsp3) is 0.857. The molecular weight excluding hydrogens is 226 g/mol. The highest BCUT2D eigenvalue weighted by molar-refractivity contribution is 5.15. The highest BCUT2D eigenvalue weighted by atomic mass is 16.4. The van der Waals surface area contributed by atoms with Gasteiger partial charge in [0.2, 0.25) is 11.8 Å². The third-order valence-electron chi connectivity index (χ3n) is 4.75. The molecule has 0 spiro atoms. The summed E-state index contributed by atoms with van der Waals surface area (Å²) in [5.74, 6) is 4.12. The first kappa shape index (κ1) is 11.0. The lowest BCUT2D eigenvalue weighted by Crippen LogP contribution is -2.17. The summed E-state index contributed by atoms with van der Waals surface area (Å²) in [5, 5.41) is 12.0. The molecule has 1 N–H and O–H groups in total. The van der Waals surface area contributed by atoms with Crippen LogP contribution in [0, 0.1) is 11.8 Å². The van der Waals surface area contributed by atoms with Crippen molar-refractivity contribution in [2.24, 2.45) is 11.8 Å². The Labute approximate surface area is 108 Å². The molecule has 0 aliphatic heterocycles. The molecule has 4 heteroatoms. The normalized spacial score (nSPS) is 33.7. The lowest BCUT2D eigenvalue weighted by atomic mass is 10.1. The third-order valence-corrected chi connectivity index (χ3v) is 4.75. The monoisotopic (exact) mass is 247 g/mol. The maximum Gasteiger partial charge on any atom is 0.220 e. The zero-order valence-corrected chi connectivity index (χ0v) is 10.8. The van der Waals surface area contributed by atoms with E-state index < -0.39 is 0 Å². The van der Waals surface area contributed by atoms with Gasteiger partial charge in [-0.2, -0.15) is 0 Å². The average Bonchev–Trinajstić information content (AvgIpc) is 3.23. The second-order valence-corrected chi connectivity index (χ2v) is 6.15. The third kappa shape index (κ3) is 2.07. The summed E-state index contributed by atoms with van der Waals surface area (Å²) in [6.45, 7) is 1.08. The minimum Gasteiger partial charge on any atom is -0.425 e. The van der Waals surface area contributed by atoms with E-state index in [0.717, 1.165) is 49.0 Å². The van der Waals surface area contributed by atoms with Crippen molar-refractivity contribution in [2.75, 3.05) is 6.54 Å². The van der Waals surface area contributed by atoms with Crippen molar-refractivity contribution in [3.05, 3.63) is 11.8 Å². The molecule has 1 aromatic heterocycles. The number of aromatic nitrogens is 2. The van der Waals surface area contributed by atoms with Crippen molar-refractivity contribution in [1.82, 2.24) is 15.5 Å². The van der Waals surface area contributed by atoms with Crippen LogP contribution >= 0.6 is 0 Å². The minimum absolute atomic E-state index is 0.615. The Morgan fingerprint density at radius 2 is 1.94 bits per heavy atom. The summed E-state index contributed by atoms with van der Waals surface area (Å²) < 4.78 is 5.82. The quantitative estimate of drug-likeness (QED) is 0.783. The lowest BCUT2D eigenvalue weighted by Gasteiger charge is -1.99. The summed E-state index contributed by atoms with van der Waals surface area (Å²) in [5.41, 5.74) is 0. The molecule has 0 amide bonds. The maximum absolute atomic E-state index is 5.82. The van der Waals surface area contributed by atoms with Crippen molar-refractivity contribution < 1.29 is 4.42 Å². The lowest BCUT2D eigenvalue weighted by molar-refractivity contribution is 0.427. The van der Waals surface area contributed by atoms with E-state index in [4.69, 9.17) is 4.42 Å². The summed E-state index contributed by atoms with van der Waals surface area (Å²) in [6, 6.07) is 0.800. The molecule has 3 saturated carbocycles. The van der Waals surface area contributed by atoms with Gasteiger partial charge in [-0.3, -0.25) is 0 Å². The largest absolute Gasteiger partial charge is 0.425 e. The Morgan fingerprint density at radius 1 is 1.11 bits per heavy atom. The zero-order chi connectivity index (χ0) is 11.9. The van der Waals surface area contributed by atoms with Gasteiger partial charge in [0, 0.05) is 18.4 Å². The van der Waals surface area contributed by atoms with E-state index in [1.54, 1.807) is 0 Å². The van der Waals surface area contributed by atoms with Gasteiger partial charge in [0.25, 0.3) is 0 Å². The molecule has 0 saturated heterocycles. The number of aryl methyl sites for hydroxylation is 1. The predicted octanol–water partition coefficient (Wildman–Crippen LogP) is 2.27. The number of hydrogen-bond acceptors (Lipinski definition) is 4. The van der Waals surface area contributed by atoms with Gasteiger partial charge < -0.3 is 9.73 Å². The summed E-state index contributed by atoms with van der Waals surface area (Å²) in [4.78, 5) is 0. The molecule has 98 valence electrons. The number of fused-ring (bicyclic) bond motifs is 1. The molecule has 3 fully saturated rings. The predicted molar refractivity (Wildman–Crippen MR) is 67.2 cm³/mol. The molecule has 2 atom stereocenters. The Morgan fingerprint density at radius 3 is 2.72 bits per heavy atom. The van der Waals surface area contributed by atoms with Gasteiger partial charge in [-0.05, 0) is 50.5 Å². The van der Waals surface area contributed by atoms with Gasteiger partial charge in [0.15, 0.2) is 0 Å². The first-order valence-electron chi connectivity index (χ1n) is 7.47. The molecular formula is C14H21N3O. The number of hydrogen-bond donors (Lipinski definition) is 1. The summed E-state index contributed by atoms with van der Waals surface area (Å²) in [6.07, 6.45) is 8.89. The van der Waals surface area contributed by atoms with Crippen molar-refractivity contribution in [2.45, 2.75) is 56.9 Å². The highest BCUT2D eigenvalue weighted by Gasteiger charge is 2.56. The molecule has 1 aromatic rings. The van der Waals surface area contributed by atoms with E-state index in [-0.39, 0.29) is 0 Å².